The molecular formula is C27H33F2N3O5. The van der Waals surface area contributed by atoms with Crippen LogP contribution in [0.25, 0.3) is 11.1 Å². The molecule has 10 heteroatoms. The minimum atomic E-state index is -0.670. The summed E-state index contributed by atoms with van der Waals surface area (Å²) in [6.07, 6.45) is -1.44. The molecular weight excluding hydrogens is 484 g/mol. The number of amides is 3. The van der Waals surface area contributed by atoms with Crippen LogP contribution in [-0.2, 0) is 20.8 Å². The van der Waals surface area contributed by atoms with Crippen LogP contribution in [0.5, 0.6) is 0 Å². The fraction of sp³-hybridized carbons (Fsp3) is 0.444. The number of nitrogens with zero attached hydrogens (tertiary/aromatic N) is 2. The Balaban J connectivity index is 1.69. The van der Waals surface area contributed by atoms with E-state index in [2.05, 4.69) is 5.32 Å². The minimum Gasteiger partial charge on any atom is -0.444 e. The van der Waals surface area contributed by atoms with Crippen molar-refractivity contribution in [1.29, 1.82) is 0 Å². The molecule has 0 radical (unpaired) electrons. The topological polar surface area (TPSA) is 88.2 Å². The van der Waals surface area contributed by atoms with Crippen LogP contribution < -0.4 is 10.2 Å². The summed E-state index contributed by atoms with van der Waals surface area (Å²) in [7, 11) is 0. The summed E-state index contributed by atoms with van der Waals surface area (Å²) < 4.78 is 38.5. The molecule has 0 unspecified atom stereocenters. The normalized spacial score (nSPS) is 15.4. The summed E-state index contributed by atoms with van der Waals surface area (Å²) in [5, 5.41) is 2.60. The Morgan fingerprint density at radius 1 is 1.19 bits per heavy atom. The van der Waals surface area contributed by atoms with Crippen LogP contribution in [0.1, 0.15) is 39.7 Å². The number of nitrogens with one attached hydrogen (secondary N) is 1. The van der Waals surface area contributed by atoms with Crippen molar-refractivity contribution in [3.05, 3.63) is 53.8 Å². The Hall–Kier alpha value is -3.69. The number of cyclic esters (lactones) is 1. The van der Waals surface area contributed by atoms with Gasteiger partial charge in [-0.25, -0.2) is 14.0 Å². The molecule has 1 aliphatic rings. The lowest BCUT2D eigenvalue weighted by Crippen LogP contribution is -2.37. The predicted octanol–water partition coefficient (Wildman–Crippen LogP) is 5.05. The monoisotopic (exact) mass is 517 g/mol. The van der Waals surface area contributed by atoms with Gasteiger partial charge < -0.3 is 19.7 Å². The highest BCUT2D eigenvalue weighted by molar-refractivity contribution is 5.90. The first-order valence-corrected chi connectivity index (χ1v) is 12.1. The largest absolute Gasteiger partial charge is 0.444 e. The Morgan fingerprint density at radius 3 is 2.49 bits per heavy atom. The van der Waals surface area contributed by atoms with Gasteiger partial charge in [-0.05, 0) is 56.5 Å². The predicted molar refractivity (Wildman–Crippen MR) is 135 cm³/mol. The van der Waals surface area contributed by atoms with Crippen LogP contribution in [0.15, 0.2) is 42.5 Å². The molecule has 3 amide bonds. The second kappa shape index (κ2) is 12.0. The summed E-state index contributed by atoms with van der Waals surface area (Å²) in [6.45, 7) is 6.96. The fourth-order valence-corrected chi connectivity index (χ4v) is 3.82. The molecule has 1 heterocycles. The van der Waals surface area contributed by atoms with Crippen LogP contribution in [0, 0.1) is 5.82 Å². The van der Waals surface area contributed by atoms with Gasteiger partial charge in [-0.15, -0.1) is 0 Å². The van der Waals surface area contributed by atoms with Crippen LogP contribution in [0.4, 0.5) is 24.1 Å². The van der Waals surface area contributed by atoms with Gasteiger partial charge in [-0.1, -0.05) is 24.3 Å². The molecule has 8 nitrogen and oxygen atoms in total. The van der Waals surface area contributed by atoms with Crippen molar-refractivity contribution in [3.8, 4) is 11.1 Å². The van der Waals surface area contributed by atoms with E-state index in [1.165, 1.54) is 22.8 Å². The Kier molecular flexibility index (Phi) is 9.07. The van der Waals surface area contributed by atoms with Gasteiger partial charge in [0.15, 0.2) is 0 Å². The van der Waals surface area contributed by atoms with Gasteiger partial charge in [0.25, 0.3) is 0 Å². The van der Waals surface area contributed by atoms with Crippen LogP contribution in [0.2, 0.25) is 0 Å². The van der Waals surface area contributed by atoms with Gasteiger partial charge in [-0.3, -0.25) is 14.1 Å². The van der Waals surface area contributed by atoms with Gasteiger partial charge in [0.05, 0.1) is 25.5 Å². The van der Waals surface area contributed by atoms with E-state index >= 15 is 4.39 Å². The number of alkyl halides is 1. The molecule has 0 aromatic heterocycles. The van der Waals surface area contributed by atoms with E-state index in [4.69, 9.17) is 9.47 Å². The van der Waals surface area contributed by atoms with Crippen LogP contribution >= 0.6 is 0 Å². The SMILES string of the molecule is CC(=O)NC[C@@H]1CN(c2ccc(-c3ccc(CN(CCCF)C(=O)OC(C)(C)C)cc3)c(F)c2)C(=O)O1. The lowest BCUT2D eigenvalue weighted by molar-refractivity contribution is -0.119. The van der Waals surface area contributed by atoms with E-state index in [0.29, 0.717) is 16.8 Å². The lowest BCUT2D eigenvalue weighted by Gasteiger charge is -2.27. The van der Waals surface area contributed by atoms with Gasteiger partial charge in [-0.2, -0.15) is 0 Å². The van der Waals surface area contributed by atoms with E-state index < -0.39 is 36.4 Å². The Morgan fingerprint density at radius 2 is 1.89 bits per heavy atom. The number of anilines is 1. The fourth-order valence-electron chi connectivity index (χ4n) is 3.82. The number of hydrogen-bond acceptors (Lipinski definition) is 5. The van der Waals surface area contributed by atoms with Crippen molar-refractivity contribution in [1.82, 2.24) is 10.2 Å². The zero-order valence-corrected chi connectivity index (χ0v) is 21.6. The summed E-state index contributed by atoms with van der Waals surface area (Å²) in [4.78, 5) is 38.6. The van der Waals surface area contributed by atoms with Crippen LogP contribution in [-0.4, -0.2) is 61.0 Å². The highest BCUT2D eigenvalue weighted by Crippen LogP contribution is 2.29. The molecule has 200 valence electrons. The number of halogens is 2. The molecule has 2 aromatic carbocycles. The Bertz CT molecular complexity index is 1120. The van der Waals surface area contributed by atoms with E-state index in [0.717, 1.165) is 5.56 Å². The van der Waals surface area contributed by atoms with Gasteiger partial charge in [0.1, 0.15) is 17.5 Å². The number of hydrogen-bond donors (Lipinski definition) is 1. The lowest BCUT2D eigenvalue weighted by atomic mass is 10.0. The molecule has 1 N–H and O–H groups in total. The number of benzene rings is 2. The molecule has 1 saturated heterocycles. The first-order chi connectivity index (χ1) is 17.5. The first kappa shape index (κ1) is 27.9. The summed E-state index contributed by atoms with van der Waals surface area (Å²) in [5.74, 6) is -0.741. The number of rotatable bonds is 9. The maximum atomic E-state index is 15.0. The smallest absolute Gasteiger partial charge is 0.414 e. The van der Waals surface area contributed by atoms with Crippen molar-refractivity contribution in [3.63, 3.8) is 0 Å². The molecule has 37 heavy (non-hydrogen) atoms. The summed E-state index contributed by atoms with van der Waals surface area (Å²) in [6, 6.07) is 11.5. The molecule has 2 aromatic rings. The highest BCUT2D eigenvalue weighted by Gasteiger charge is 2.32. The Labute approximate surface area is 215 Å². The number of ether oxygens (including phenoxy) is 2. The van der Waals surface area contributed by atoms with E-state index in [-0.39, 0.29) is 38.5 Å². The van der Waals surface area contributed by atoms with Gasteiger partial charge in [0.2, 0.25) is 5.91 Å². The highest BCUT2D eigenvalue weighted by atomic mass is 19.1. The third kappa shape index (κ3) is 7.90. The second-order valence-corrected chi connectivity index (χ2v) is 9.86. The summed E-state index contributed by atoms with van der Waals surface area (Å²) >= 11 is 0. The number of carbonyl (C=O) groups excluding carboxylic acids is 3. The van der Waals surface area contributed by atoms with Crippen molar-refractivity contribution in [2.24, 2.45) is 0 Å². The van der Waals surface area contributed by atoms with Gasteiger partial charge >= 0.3 is 12.2 Å². The van der Waals surface area contributed by atoms with E-state index in [1.807, 2.05) is 0 Å². The van der Waals surface area contributed by atoms with Crippen molar-refractivity contribution < 1.29 is 32.6 Å². The van der Waals surface area contributed by atoms with Gasteiger partial charge in [0, 0.05) is 25.6 Å². The standard InChI is InChI=1S/C27H33F2N3O5/c1-18(33)30-15-22-17-32(26(35)36-22)21-10-11-23(24(29)14-21)20-8-6-19(7-9-20)16-31(13-5-12-28)25(34)37-27(2,3)4/h6-11,14,22H,5,12-13,15-17H2,1-4H3,(H,30,33)/t22-/m1/s1. The molecule has 3 rings (SSSR count). The first-order valence-electron chi connectivity index (χ1n) is 12.1. The van der Waals surface area contributed by atoms with Crippen LogP contribution in [0.3, 0.4) is 0 Å². The maximum absolute atomic E-state index is 15.0. The minimum absolute atomic E-state index is 0.184. The van der Waals surface area contributed by atoms with E-state index in [9.17, 15) is 18.8 Å². The van der Waals surface area contributed by atoms with Crippen molar-refractivity contribution in [2.45, 2.75) is 52.4 Å². The average Bonchev–Trinajstić information content (AvgIpc) is 3.20. The molecule has 0 saturated carbocycles. The zero-order valence-electron chi connectivity index (χ0n) is 21.6. The second-order valence-electron chi connectivity index (χ2n) is 9.86. The molecule has 1 atom stereocenters. The zero-order chi connectivity index (χ0) is 27.2. The van der Waals surface area contributed by atoms with E-state index in [1.54, 1.807) is 57.2 Å². The molecule has 1 aliphatic heterocycles. The third-order valence-electron chi connectivity index (χ3n) is 5.57. The van der Waals surface area contributed by atoms with Crippen molar-refractivity contribution in [2.75, 3.05) is 31.2 Å². The molecule has 1 fully saturated rings. The molecule has 0 bridgehead atoms. The summed E-state index contributed by atoms with van der Waals surface area (Å²) in [5.41, 5.74) is 1.44. The average molecular weight is 518 g/mol. The molecule has 0 aliphatic carbocycles. The molecule has 0 spiro atoms. The quantitative estimate of drug-likeness (QED) is 0.503. The number of carbonyl (C=O) groups is 3. The van der Waals surface area contributed by atoms with Crippen molar-refractivity contribution >= 4 is 23.8 Å². The third-order valence-corrected chi connectivity index (χ3v) is 5.57. The maximum Gasteiger partial charge on any atom is 0.414 e.